The molecule has 0 aliphatic carbocycles. The van der Waals surface area contributed by atoms with Crippen LogP contribution in [0.15, 0.2) is 49.1 Å². The van der Waals surface area contributed by atoms with Gasteiger partial charge >= 0.3 is 0 Å². The van der Waals surface area contributed by atoms with Crippen molar-refractivity contribution in [1.82, 2.24) is 15.3 Å². The minimum absolute atomic E-state index is 0.000588. The van der Waals surface area contributed by atoms with E-state index in [1.54, 1.807) is 36.9 Å². The lowest BCUT2D eigenvalue weighted by atomic mass is 10.0. The Morgan fingerprint density at radius 2 is 2.00 bits per heavy atom. The lowest BCUT2D eigenvalue weighted by Gasteiger charge is -2.18. The van der Waals surface area contributed by atoms with Crippen LogP contribution in [0.4, 0.5) is 0 Å². The smallest absolute Gasteiger partial charge is 0.251 e. The first-order chi connectivity index (χ1) is 9.31. The molecule has 0 radical (unpaired) electrons. The van der Waals surface area contributed by atoms with Gasteiger partial charge in [-0.15, -0.1) is 0 Å². The second-order valence-corrected chi connectivity index (χ2v) is 4.34. The molecule has 0 saturated carbocycles. The largest absolute Gasteiger partial charge is 0.345 e. The van der Waals surface area contributed by atoms with Gasteiger partial charge in [-0.25, -0.2) is 0 Å². The quantitative estimate of drug-likeness (QED) is 0.893. The van der Waals surface area contributed by atoms with E-state index >= 15 is 0 Å². The molecule has 0 aliphatic rings. The van der Waals surface area contributed by atoms with E-state index in [-0.39, 0.29) is 11.9 Å². The van der Waals surface area contributed by atoms with Crippen molar-refractivity contribution in [2.45, 2.75) is 25.8 Å². The molecule has 2 aromatic heterocycles. The van der Waals surface area contributed by atoms with Crippen molar-refractivity contribution in [3.8, 4) is 0 Å². The molecule has 0 saturated heterocycles. The molecule has 19 heavy (non-hydrogen) atoms. The third kappa shape index (κ3) is 3.61. The molecule has 2 aromatic rings. The van der Waals surface area contributed by atoms with Crippen molar-refractivity contribution < 1.29 is 4.79 Å². The van der Waals surface area contributed by atoms with Crippen molar-refractivity contribution in [3.63, 3.8) is 0 Å². The Kier molecular flexibility index (Phi) is 4.61. The normalized spacial score (nSPS) is 11.8. The van der Waals surface area contributed by atoms with Gasteiger partial charge < -0.3 is 5.32 Å². The number of rotatable bonds is 5. The van der Waals surface area contributed by atoms with E-state index in [9.17, 15) is 4.79 Å². The van der Waals surface area contributed by atoms with E-state index in [1.165, 1.54) is 0 Å². The average Bonchev–Trinajstić information content (AvgIpc) is 2.48. The molecule has 0 unspecified atom stereocenters. The minimum Gasteiger partial charge on any atom is -0.345 e. The summed E-state index contributed by atoms with van der Waals surface area (Å²) in [5.41, 5.74) is 1.66. The first kappa shape index (κ1) is 13.2. The van der Waals surface area contributed by atoms with Crippen molar-refractivity contribution >= 4 is 5.91 Å². The van der Waals surface area contributed by atoms with Gasteiger partial charge in [-0.1, -0.05) is 19.4 Å². The van der Waals surface area contributed by atoms with E-state index in [0.29, 0.717) is 5.56 Å². The molecule has 1 atom stereocenters. The maximum Gasteiger partial charge on any atom is 0.251 e. The second kappa shape index (κ2) is 6.64. The molecular weight excluding hydrogens is 238 g/mol. The third-order valence-electron chi connectivity index (χ3n) is 2.91. The second-order valence-electron chi connectivity index (χ2n) is 4.34. The highest BCUT2D eigenvalue weighted by atomic mass is 16.1. The van der Waals surface area contributed by atoms with Crippen LogP contribution in [-0.4, -0.2) is 15.9 Å². The van der Waals surface area contributed by atoms with Crippen molar-refractivity contribution in [1.29, 1.82) is 0 Å². The molecule has 98 valence electrons. The summed E-state index contributed by atoms with van der Waals surface area (Å²) in [6.45, 7) is 2.10. The van der Waals surface area contributed by atoms with Crippen LogP contribution in [-0.2, 0) is 0 Å². The molecule has 0 spiro atoms. The fourth-order valence-electron chi connectivity index (χ4n) is 1.94. The molecule has 4 nitrogen and oxygen atoms in total. The average molecular weight is 255 g/mol. The zero-order chi connectivity index (χ0) is 13.5. The number of pyridine rings is 2. The van der Waals surface area contributed by atoms with Gasteiger partial charge in [0.15, 0.2) is 0 Å². The standard InChI is InChI=1S/C15H17N3O/c1-2-4-14(13-5-3-8-17-11-13)18-15(19)12-6-9-16-10-7-12/h3,5-11,14H,2,4H2,1H3,(H,18,19)/t14-/m0/s1. The van der Waals surface area contributed by atoms with Crippen molar-refractivity contribution in [2.24, 2.45) is 0 Å². The molecule has 2 rings (SSSR count). The third-order valence-corrected chi connectivity index (χ3v) is 2.91. The molecule has 0 bridgehead atoms. The Morgan fingerprint density at radius 3 is 2.63 bits per heavy atom. The summed E-state index contributed by atoms with van der Waals surface area (Å²) in [4.78, 5) is 20.2. The Labute approximate surface area is 112 Å². The molecular formula is C15H17N3O. The van der Waals surface area contributed by atoms with Crippen LogP contribution in [0.5, 0.6) is 0 Å². The topological polar surface area (TPSA) is 54.9 Å². The van der Waals surface area contributed by atoms with E-state index in [0.717, 1.165) is 18.4 Å². The van der Waals surface area contributed by atoms with Crippen LogP contribution in [0.3, 0.4) is 0 Å². The number of hydrogen-bond donors (Lipinski definition) is 1. The van der Waals surface area contributed by atoms with E-state index in [2.05, 4.69) is 22.2 Å². The number of nitrogens with one attached hydrogen (secondary N) is 1. The van der Waals surface area contributed by atoms with Gasteiger partial charge in [-0.3, -0.25) is 14.8 Å². The Balaban J connectivity index is 2.11. The van der Waals surface area contributed by atoms with Gasteiger partial charge in [0.2, 0.25) is 0 Å². The number of nitrogens with zero attached hydrogens (tertiary/aromatic N) is 2. The van der Waals surface area contributed by atoms with Crippen LogP contribution in [0, 0.1) is 0 Å². The number of carbonyl (C=O) groups excluding carboxylic acids is 1. The molecule has 0 aliphatic heterocycles. The van der Waals surface area contributed by atoms with Crippen molar-refractivity contribution in [3.05, 3.63) is 60.2 Å². The summed E-state index contributed by atoms with van der Waals surface area (Å²) in [7, 11) is 0. The zero-order valence-electron chi connectivity index (χ0n) is 10.9. The fraction of sp³-hybridized carbons (Fsp3) is 0.267. The van der Waals surface area contributed by atoms with Gasteiger partial charge in [0.25, 0.3) is 5.91 Å². The lowest BCUT2D eigenvalue weighted by molar-refractivity contribution is 0.0934. The van der Waals surface area contributed by atoms with Crippen molar-refractivity contribution in [2.75, 3.05) is 0 Å². The Morgan fingerprint density at radius 1 is 1.21 bits per heavy atom. The van der Waals surface area contributed by atoms with Gasteiger partial charge in [0.1, 0.15) is 0 Å². The molecule has 0 fully saturated rings. The van der Waals surface area contributed by atoms with Crippen LogP contribution in [0.1, 0.15) is 41.7 Å². The maximum absolute atomic E-state index is 12.1. The first-order valence-corrected chi connectivity index (χ1v) is 6.42. The molecule has 0 aromatic carbocycles. The van der Waals surface area contributed by atoms with Crippen LogP contribution < -0.4 is 5.32 Å². The van der Waals surface area contributed by atoms with E-state index < -0.39 is 0 Å². The predicted octanol–water partition coefficient (Wildman–Crippen LogP) is 2.75. The summed E-state index contributed by atoms with van der Waals surface area (Å²) in [6, 6.07) is 7.29. The van der Waals surface area contributed by atoms with Crippen LogP contribution in [0.2, 0.25) is 0 Å². The van der Waals surface area contributed by atoms with Crippen LogP contribution >= 0.6 is 0 Å². The number of carbonyl (C=O) groups is 1. The molecule has 1 amide bonds. The Hall–Kier alpha value is -2.23. The highest BCUT2D eigenvalue weighted by Gasteiger charge is 2.14. The molecule has 2 heterocycles. The van der Waals surface area contributed by atoms with Gasteiger partial charge in [0, 0.05) is 30.4 Å². The predicted molar refractivity (Wildman–Crippen MR) is 73.6 cm³/mol. The summed E-state index contributed by atoms with van der Waals surface area (Å²) in [5.74, 6) is -0.0790. The molecule has 1 N–H and O–H groups in total. The zero-order valence-corrected chi connectivity index (χ0v) is 10.9. The van der Waals surface area contributed by atoms with Gasteiger partial charge in [-0.05, 0) is 30.2 Å². The maximum atomic E-state index is 12.1. The Bertz CT molecular complexity index is 513. The number of hydrogen-bond acceptors (Lipinski definition) is 3. The minimum atomic E-state index is -0.0790. The summed E-state index contributed by atoms with van der Waals surface area (Å²) in [6.07, 6.45) is 8.66. The number of amides is 1. The van der Waals surface area contributed by atoms with E-state index in [1.807, 2.05) is 12.1 Å². The first-order valence-electron chi connectivity index (χ1n) is 6.42. The highest BCUT2D eigenvalue weighted by Crippen LogP contribution is 2.17. The summed E-state index contributed by atoms with van der Waals surface area (Å²) < 4.78 is 0. The summed E-state index contributed by atoms with van der Waals surface area (Å²) in [5, 5.41) is 3.04. The van der Waals surface area contributed by atoms with E-state index in [4.69, 9.17) is 0 Å². The fourth-order valence-corrected chi connectivity index (χ4v) is 1.94. The SMILES string of the molecule is CCC[C@H](NC(=O)c1ccncc1)c1cccnc1. The summed E-state index contributed by atoms with van der Waals surface area (Å²) >= 11 is 0. The lowest BCUT2D eigenvalue weighted by Crippen LogP contribution is -2.28. The monoisotopic (exact) mass is 255 g/mol. The molecule has 4 heteroatoms. The number of aromatic nitrogens is 2. The van der Waals surface area contributed by atoms with Gasteiger partial charge in [0.05, 0.1) is 6.04 Å². The highest BCUT2D eigenvalue weighted by molar-refractivity contribution is 5.94. The van der Waals surface area contributed by atoms with Crippen LogP contribution in [0.25, 0.3) is 0 Å². The van der Waals surface area contributed by atoms with Gasteiger partial charge in [-0.2, -0.15) is 0 Å².